The topological polar surface area (TPSA) is 60.2 Å². The molecule has 3 N–H and O–H groups in total. The van der Waals surface area contributed by atoms with Gasteiger partial charge in [-0.1, -0.05) is 6.07 Å². The molecule has 0 amide bonds. The van der Waals surface area contributed by atoms with Crippen LogP contribution in [0.1, 0.15) is 12.1 Å². The van der Waals surface area contributed by atoms with Crippen molar-refractivity contribution >= 4 is 5.82 Å². The monoisotopic (exact) mass is 263 g/mol. The van der Waals surface area contributed by atoms with Crippen LogP contribution in [-0.4, -0.2) is 31.3 Å². The number of anilines is 1. The summed E-state index contributed by atoms with van der Waals surface area (Å²) in [6.45, 7) is 0.858. The van der Waals surface area contributed by atoms with Crippen molar-refractivity contribution in [2.24, 2.45) is 5.73 Å². The molecule has 0 spiro atoms. The molecule has 0 fully saturated rings. The van der Waals surface area contributed by atoms with Crippen LogP contribution in [0.3, 0.4) is 0 Å². The maximum Gasteiger partial charge on any atom is 0.433 e. The first-order chi connectivity index (χ1) is 8.43. The fourth-order valence-electron chi connectivity index (χ4n) is 1.37. The summed E-state index contributed by atoms with van der Waals surface area (Å²) in [7, 11) is 1.54. The number of hydrogen-bond donors (Lipinski definition) is 2. The predicted octanol–water partition coefficient (Wildman–Crippen LogP) is 1.88. The van der Waals surface area contributed by atoms with Crippen LogP contribution in [0, 0.1) is 0 Å². The van der Waals surface area contributed by atoms with Gasteiger partial charge in [0.25, 0.3) is 0 Å². The molecule has 0 aliphatic rings. The summed E-state index contributed by atoms with van der Waals surface area (Å²) in [4.78, 5) is 3.48. The van der Waals surface area contributed by atoms with E-state index in [1.807, 2.05) is 0 Å². The summed E-state index contributed by atoms with van der Waals surface area (Å²) >= 11 is 0. The molecule has 1 heterocycles. The van der Waals surface area contributed by atoms with Gasteiger partial charge in [-0.3, -0.25) is 0 Å². The number of aromatic nitrogens is 1. The van der Waals surface area contributed by atoms with Crippen LogP contribution in [0.2, 0.25) is 0 Å². The van der Waals surface area contributed by atoms with E-state index in [1.165, 1.54) is 12.1 Å². The smallest absolute Gasteiger partial charge is 0.383 e. The van der Waals surface area contributed by atoms with Gasteiger partial charge in [-0.05, 0) is 18.6 Å². The molecule has 0 aliphatic heterocycles. The number of hydrogen-bond acceptors (Lipinski definition) is 4. The van der Waals surface area contributed by atoms with E-state index in [1.54, 1.807) is 7.11 Å². The fraction of sp³-hybridized carbons (Fsp3) is 0.545. The maximum absolute atomic E-state index is 12.4. The van der Waals surface area contributed by atoms with E-state index in [2.05, 4.69) is 10.3 Å². The molecular weight excluding hydrogens is 247 g/mol. The fourth-order valence-corrected chi connectivity index (χ4v) is 1.37. The Kier molecular flexibility index (Phi) is 5.36. The van der Waals surface area contributed by atoms with E-state index >= 15 is 0 Å². The lowest BCUT2D eigenvalue weighted by Crippen LogP contribution is -2.28. The normalized spacial score (nSPS) is 13.4. The minimum absolute atomic E-state index is 0.145. The Bertz CT molecular complexity index is 371. The first kappa shape index (κ1) is 14.7. The Morgan fingerprint density at radius 2 is 2.17 bits per heavy atom. The quantitative estimate of drug-likeness (QED) is 0.822. The maximum atomic E-state index is 12.4. The van der Waals surface area contributed by atoms with E-state index in [-0.39, 0.29) is 11.9 Å². The summed E-state index contributed by atoms with van der Waals surface area (Å²) in [5, 5.41) is 2.80. The third-order valence-electron chi connectivity index (χ3n) is 2.24. The highest BCUT2D eigenvalue weighted by molar-refractivity contribution is 5.35. The van der Waals surface area contributed by atoms with Crippen molar-refractivity contribution in [3.05, 3.63) is 23.9 Å². The number of rotatable bonds is 6. The molecule has 0 saturated heterocycles. The first-order valence-corrected chi connectivity index (χ1v) is 5.46. The number of nitrogens with zero attached hydrogens (tertiary/aromatic N) is 1. The molecule has 1 aromatic heterocycles. The molecule has 1 atom stereocenters. The summed E-state index contributed by atoms with van der Waals surface area (Å²) in [6.07, 6.45) is -3.84. The van der Waals surface area contributed by atoms with Gasteiger partial charge in [0.2, 0.25) is 0 Å². The lowest BCUT2D eigenvalue weighted by atomic mass is 10.2. The second kappa shape index (κ2) is 6.55. The summed E-state index contributed by atoms with van der Waals surface area (Å²) in [6, 6.07) is 3.58. The van der Waals surface area contributed by atoms with Crippen molar-refractivity contribution in [3.63, 3.8) is 0 Å². The molecule has 0 radical (unpaired) electrons. The zero-order valence-corrected chi connectivity index (χ0v) is 10.00. The third kappa shape index (κ3) is 4.89. The molecule has 4 nitrogen and oxygen atoms in total. The molecule has 1 rings (SSSR count). The van der Waals surface area contributed by atoms with E-state index in [0.717, 1.165) is 6.07 Å². The predicted molar refractivity (Wildman–Crippen MR) is 62.2 cm³/mol. The zero-order valence-electron chi connectivity index (χ0n) is 10.00. The van der Waals surface area contributed by atoms with Crippen molar-refractivity contribution in [1.29, 1.82) is 0 Å². The summed E-state index contributed by atoms with van der Waals surface area (Å²) in [5.74, 6) is 0.189. The van der Waals surface area contributed by atoms with Gasteiger partial charge in [0.05, 0.1) is 6.61 Å². The van der Waals surface area contributed by atoms with Gasteiger partial charge in [-0.25, -0.2) is 4.98 Å². The molecule has 102 valence electrons. The highest BCUT2D eigenvalue weighted by atomic mass is 19.4. The van der Waals surface area contributed by atoms with Crippen molar-refractivity contribution in [1.82, 2.24) is 4.98 Å². The third-order valence-corrected chi connectivity index (χ3v) is 2.24. The van der Waals surface area contributed by atoms with Crippen LogP contribution in [0.15, 0.2) is 18.2 Å². The van der Waals surface area contributed by atoms with Gasteiger partial charge < -0.3 is 15.8 Å². The number of halogens is 3. The van der Waals surface area contributed by atoms with Crippen LogP contribution in [-0.2, 0) is 10.9 Å². The van der Waals surface area contributed by atoms with Gasteiger partial charge in [0, 0.05) is 19.7 Å². The number of ether oxygens (including phenoxy) is 1. The number of pyridine rings is 1. The number of methoxy groups -OCH3 is 1. The molecule has 7 heteroatoms. The lowest BCUT2D eigenvalue weighted by Gasteiger charge is -2.12. The molecule has 18 heavy (non-hydrogen) atoms. The van der Waals surface area contributed by atoms with Crippen molar-refractivity contribution in [3.8, 4) is 0 Å². The Morgan fingerprint density at radius 1 is 1.44 bits per heavy atom. The second-order valence-corrected chi connectivity index (χ2v) is 3.84. The van der Waals surface area contributed by atoms with Gasteiger partial charge in [0.1, 0.15) is 11.5 Å². The standard InChI is InChI=1S/C11H16F3N3O/c1-18-7-8(15)5-6-16-10-4-2-3-9(17-10)11(12,13)14/h2-4,8H,5-7,15H2,1H3,(H,16,17). The molecule has 0 bridgehead atoms. The molecular formula is C11H16F3N3O. The van der Waals surface area contributed by atoms with Crippen LogP contribution < -0.4 is 11.1 Å². The second-order valence-electron chi connectivity index (χ2n) is 3.84. The van der Waals surface area contributed by atoms with Crippen molar-refractivity contribution in [2.75, 3.05) is 25.6 Å². The molecule has 1 aromatic rings. The lowest BCUT2D eigenvalue weighted by molar-refractivity contribution is -0.141. The van der Waals surface area contributed by atoms with Crippen LogP contribution >= 0.6 is 0 Å². The van der Waals surface area contributed by atoms with E-state index in [9.17, 15) is 13.2 Å². The van der Waals surface area contributed by atoms with Gasteiger partial charge in [-0.2, -0.15) is 13.2 Å². The van der Waals surface area contributed by atoms with E-state index in [4.69, 9.17) is 10.5 Å². The largest absolute Gasteiger partial charge is 0.433 e. The molecule has 0 saturated carbocycles. The molecule has 1 unspecified atom stereocenters. The Morgan fingerprint density at radius 3 is 2.78 bits per heavy atom. The molecule has 0 aliphatic carbocycles. The van der Waals surface area contributed by atoms with Gasteiger partial charge in [0.15, 0.2) is 0 Å². The van der Waals surface area contributed by atoms with Crippen LogP contribution in [0.5, 0.6) is 0 Å². The Labute approximate surface area is 103 Å². The average molecular weight is 263 g/mol. The highest BCUT2D eigenvalue weighted by Crippen LogP contribution is 2.28. The van der Waals surface area contributed by atoms with E-state index < -0.39 is 11.9 Å². The summed E-state index contributed by atoms with van der Waals surface area (Å²) < 4.78 is 42.0. The summed E-state index contributed by atoms with van der Waals surface area (Å²) in [5.41, 5.74) is 4.77. The number of nitrogens with one attached hydrogen (secondary N) is 1. The van der Waals surface area contributed by atoms with Gasteiger partial charge >= 0.3 is 6.18 Å². The zero-order chi connectivity index (χ0) is 13.6. The average Bonchev–Trinajstić information content (AvgIpc) is 2.29. The van der Waals surface area contributed by atoms with Crippen molar-refractivity contribution in [2.45, 2.75) is 18.6 Å². The number of nitrogens with two attached hydrogens (primary N) is 1. The number of alkyl halides is 3. The van der Waals surface area contributed by atoms with Crippen LogP contribution in [0.25, 0.3) is 0 Å². The van der Waals surface area contributed by atoms with E-state index in [0.29, 0.717) is 19.6 Å². The first-order valence-electron chi connectivity index (χ1n) is 5.46. The van der Waals surface area contributed by atoms with Gasteiger partial charge in [-0.15, -0.1) is 0 Å². The Balaban J connectivity index is 2.48. The highest BCUT2D eigenvalue weighted by Gasteiger charge is 2.32. The van der Waals surface area contributed by atoms with Crippen LogP contribution in [0.4, 0.5) is 19.0 Å². The van der Waals surface area contributed by atoms with Crippen molar-refractivity contribution < 1.29 is 17.9 Å². The minimum atomic E-state index is -4.43. The Hall–Kier alpha value is -1.34. The SMILES string of the molecule is COCC(N)CCNc1cccc(C(F)(F)F)n1. The minimum Gasteiger partial charge on any atom is -0.383 e. The molecule has 0 aromatic carbocycles.